The first-order chi connectivity index (χ1) is 6.22. The fourth-order valence-corrected chi connectivity index (χ4v) is 0.866. The van der Waals surface area contributed by atoms with E-state index in [1.807, 2.05) is 0 Å². The predicted molar refractivity (Wildman–Crippen MR) is 52.8 cm³/mol. The van der Waals surface area contributed by atoms with Crippen molar-refractivity contribution < 1.29 is 4.74 Å². The van der Waals surface area contributed by atoms with Gasteiger partial charge in [-0.15, -0.1) is 6.42 Å². The van der Waals surface area contributed by atoms with Crippen LogP contribution in [-0.4, -0.2) is 16.1 Å². The van der Waals surface area contributed by atoms with Crippen molar-refractivity contribution in [3.63, 3.8) is 0 Å². The number of hydrogen-bond acceptors (Lipinski definition) is 3. The van der Waals surface area contributed by atoms with Gasteiger partial charge in [0.2, 0.25) is 0 Å². The highest BCUT2D eigenvalue weighted by atomic mass is 79.9. The van der Waals surface area contributed by atoms with Crippen molar-refractivity contribution in [1.29, 1.82) is 0 Å². The number of hydrogen-bond donors (Lipinski definition) is 0. The molecule has 3 nitrogen and oxygen atoms in total. The van der Waals surface area contributed by atoms with Gasteiger partial charge in [0, 0.05) is 12.4 Å². The van der Waals surface area contributed by atoms with Crippen molar-refractivity contribution in [3.05, 3.63) is 22.7 Å². The van der Waals surface area contributed by atoms with Gasteiger partial charge < -0.3 is 4.74 Å². The first kappa shape index (κ1) is 10.2. The number of ether oxygens (including phenoxy) is 1. The second-order valence-electron chi connectivity index (χ2n) is 2.44. The Labute approximate surface area is 85.7 Å². The summed E-state index contributed by atoms with van der Waals surface area (Å²) in [5.41, 5.74) is 0. The van der Waals surface area contributed by atoms with Crippen LogP contribution in [0.15, 0.2) is 16.9 Å². The van der Waals surface area contributed by atoms with Crippen LogP contribution in [-0.2, 0) is 11.3 Å². The summed E-state index contributed by atoms with van der Waals surface area (Å²) in [5, 5.41) is 0. The third-order valence-corrected chi connectivity index (χ3v) is 1.78. The summed E-state index contributed by atoms with van der Waals surface area (Å²) in [5.74, 6) is 3.09. The van der Waals surface area contributed by atoms with Crippen molar-refractivity contribution in [2.24, 2.45) is 0 Å². The summed E-state index contributed by atoms with van der Waals surface area (Å²) in [6, 6.07) is 0. The van der Waals surface area contributed by atoms with Crippen LogP contribution in [0.1, 0.15) is 12.7 Å². The average Bonchev–Trinajstić information content (AvgIpc) is 2.16. The molecular weight excluding hydrogens is 232 g/mol. The summed E-state index contributed by atoms with van der Waals surface area (Å²) in [4.78, 5) is 8.07. The topological polar surface area (TPSA) is 35.0 Å². The fraction of sp³-hybridized carbons (Fsp3) is 0.333. The van der Waals surface area contributed by atoms with Crippen molar-refractivity contribution >= 4 is 15.9 Å². The molecule has 0 aromatic carbocycles. The van der Waals surface area contributed by atoms with Gasteiger partial charge in [-0.05, 0) is 22.9 Å². The summed E-state index contributed by atoms with van der Waals surface area (Å²) in [7, 11) is 0. The smallest absolute Gasteiger partial charge is 0.153 e. The third-order valence-electron chi connectivity index (χ3n) is 1.37. The molecule has 0 aliphatic rings. The second-order valence-corrected chi connectivity index (χ2v) is 3.35. The molecule has 0 aliphatic heterocycles. The zero-order valence-corrected chi connectivity index (χ0v) is 8.78. The van der Waals surface area contributed by atoms with Gasteiger partial charge in [-0.1, -0.05) is 5.92 Å². The first-order valence-corrected chi connectivity index (χ1v) is 4.56. The number of nitrogens with zero attached hydrogens (tertiary/aromatic N) is 2. The Morgan fingerprint density at radius 2 is 2.23 bits per heavy atom. The molecular formula is C9H9BrN2O. The van der Waals surface area contributed by atoms with E-state index >= 15 is 0 Å². The standard InChI is InChI=1S/C9H9BrN2O/c1-3-7(2)13-6-9-11-4-8(10)5-12-9/h1,4-5,7H,6H2,2H3. The van der Waals surface area contributed by atoms with Crippen LogP contribution in [0.4, 0.5) is 0 Å². The zero-order valence-electron chi connectivity index (χ0n) is 7.20. The maximum absolute atomic E-state index is 5.24. The first-order valence-electron chi connectivity index (χ1n) is 3.76. The second kappa shape index (κ2) is 4.95. The van der Waals surface area contributed by atoms with Crippen LogP contribution < -0.4 is 0 Å². The van der Waals surface area contributed by atoms with E-state index in [2.05, 4.69) is 31.8 Å². The van der Waals surface area contributed by atoms with E-state index < -0.39 is 0 Å². The summed E-state index contributed by atoms with van der Waals surface area (Å²) >= 11 is 3.24. The minimum absolute atomic E-state index is 0.202. The van der Waals surface area contributed by atoms with E-state index in [9.17, 15) is 0 Å². The number of terminal acetylenes is 1. The Hall–Kier alpha value is -0.920. The van der Waals surface area contributed by atoms with Crippen LogP contribution in [0.5, 0.6) is 0 Å². The van der Waals surface area contributed by atoms with Crippen molar-refractivity contribution in [2.45, 2.75) is 19.6 Å². The Morgan fingerprint density at radius 3 is 2.77 bits per heavy atom. The van der Waals surface area contributed by atoms with Gasteiger partial charge in [0.05, 0.1) is 4.47 Å². The maximum Gasteiger partial charge on any atom is 0.153 e. The van der Waals surface area contributed by atoms with E-state index in [4.69, 9.17) is 11.2 Å². The van der Waals surface area contributed by atoms with Gasteiger partial charge in [0.15, 0.2) is 5.82 Å². The summed E-state index contributed by atoms with van der Waals surface area (Å²) in [6.07, 6.45) is 8.28. The normalized spacial score (nSPS) is 12.1. The Morgan fingerprint density at radius 1 is 1.62 bits per heavy atom. The minimum Gasteiger partial charge on any atom is -0.358 e. The van der Waals surface area contributed by atoms with Crippen LogP contribution in [0, 0.1) is 12.3 Å². The lowest BCUT2D eigenvalue weighted by molar-refractivity contribution is 0.0852. The zero-order chi connectivity index (χ0) is 9.68. The Bertz CT molecular complexity index is 304. The number of halogens is 1. The quantitative estimate of drug-likeness (QED) is 0.756. The lowest BCUT2D eigenvalue weighted by Gasteiger charge is -2.04. The van der Waals surface area contributed by atoms with E-state index in [0.717, 1.165) is 4.47 Å². The largest absolute Gasteiger partial charge is 0.358 e. The van der Waals surface area contributed by atoms with Crippen molar-refractivity contribution in [2.75, 3.05) is 0 Å². The lowest BCUT2D eigenvalue weighted by Crippen LogP contribution is -2.06. The molecule has 1 heterocycles. The van der Waals surface area contributed by atoms with E-state index in [-0.39, 0.29) is 6.10 Å². The Kier molecular flexibility index (Phi) is 3.87. The average molecular weight is 241 g/mol. The predicted octanol–water partition coefficient (Wildman–Crippen LogP) is 1.78. The molecule has 0 N–H and O–H groups in total. The molecule has 0 amide bonds. The minimum atomic E-state index is -0.202. The molecule has 0 saturated carbocycles. The van der Waals surface area contributed by atoms with E-state index in [1.54, 1.807) is 19.3 Å². The van der Waals surface area contributed by atoms with Crippen molar-refractivity contribution in [3.8, 4) is 12.3 Å². The Balaban J connectivity index is 2.47. The molecule has 68 valence electrons. The highest BCUT2D eigenvalue weighted by molar-refractivity contribution is 9.10. The van der Waals surface area contributed by atoms with E-state index in [1.165, 1.54) is 0 Å². The van der Waals surface area contributed by atoms with Gasteiger partial charge in [-0.2, -0.15) is 0 Å². The molecule has 13 heavy (non-hydrogen) atoms. The summed E-state index contributed by atoms with van der Waals surface area (Å²) in [6.45, 7) is 2.15. The molecule has 4 heteroatoms. The van der Waals surface area contributed by atoms with Crippen LogP contribution in [0.25, 0.3) is 0 Å². The molecule has 0 saturated heterocycles. The monoisotopic (exact) mass is 240 g/mol. The summed E-state index contributed by atoms with van der Waals surface area (Å²) < 4.78 is 6.09. The SMILES string of the molecule is C#CC(C)OCc1ncc(Br)cn1. The third kappa shape index (κ3) is 3.53. The molecule has 1 rings (SSSR count). The fourth-order valence-electron chi connectivity index (χ4n) is 0.661. The van der Waals surface area contributed by atoms with Gasteiger partial charge in [-0.25, -0.2) is 9.97 Å². The molecule has 1 unspecified atom stereocenters. The molecule has 0 aliphatic carbocycles. The van der Waals surface area contributed by atoms with Crippen LogP contribution >= 0.6 is 15.9 Å². The van der Waals surface area contributed by atoms with Crippen LogP contribution in [0.2, 0.25) is 0 Å². The highest BCUT2D eigenvalue weighted by Gasteiger charge is 1.99. The molecule has 0 fully saturated rings. The van der Waals surface area contributed by atoms with Crippen molar-refractivity contribution in [1.82, 2.24) is 9.97 Å². The molecule has 0 bridgehead atoms. The molecule has 1 aromatic rings. The van der Waals surface area contributed by atoms with Gasteiger partial charge >= 0.3 is 0 Å². The van der Waals surface area contributed by atoms with E-state index in [0.29, 0.717) is 12.4 Å². The molecule has 0 spiro atoms. The van der Waals surface area contributed by atoms with Crippen LogP contribution in [0.3, 0.4) is 0 Å². The van der Waals surface area contributed by atoms with Gasteiger partial charge in [0.1, 0.15) is 12.7 Å². The molecule has 0 radical (unpaired) electrons. The maximum atomic E-state index is 5.24. The molecule has 1 aromatic heterocycles. The number of rotatable bonds is 3. The lowest BCUT2D eigenvalue weighted by atomic mass is 10.4. The van der Waals surface area contributed by atoms with Gasteiger partial charge in [-0.3, -0.25) is 0 Å². The molecule has 1 atom stereocenters. The highest BCUT2D eigenvalue weighted by Crippen LogP contribution is 2.05. The number of aromatic nitrogens is 2. The van der Waals surface area contributed by atoms with Gasteiger partial charge in [0.25, 0.3) is 0 Å².